The molecule has 0 radical (unpaired) electrons. The maximum atomic E-state index is 11.7. The number of amides is 1. The molecule has 6 nitrogen and oxygen atoms in total. The molecule has 0 spiro atoms. The van der Waals surface area contributed by atoms with Crippen LogP contribution in [0, 0.1) is 0 Å². The van der Waals surface area contributed by atoms with Gasteiger partial charge in [-0.3, -0.25) is 4.79 Å². The fourth-order valence-corrected chi connectivity index (χ4v) is 2.36. The average molecular weight is 288 g/mol. The number of carbonyl (C=O) groups excluding carboxylic acids is 1. The first-order chi connectivity index (χ1) is 9.83. The molecule has 7 heteroatoms. The Morgan fingerprint density at radius 1 is 1.30 bits per heavy atom. The monoisotopic (exact) mass is 288 g/mol. The van der Waals surface area contributed by atoms with Crippen molar-refractivity contribution in [2.45, 2.75) is 6.54 Å². The van der Waals surface area contributed by atoms with Gasteiger partial charge < -0.3 is 10.2 Å². The second-order valence-electron chi connectivity index (χ2n) is 4.08. The van der Waals surface area contributed by atoms with Gasteiger partial charge in [0.15, 0.2) is 6.61 Å². The Labute approximate surface area is 118 Å². The summed E-state index contributed by atoms with van der Waals surface area (Å²) >= 11 is 1.60. The van der Waals surface area contributed by atoms with E-state index in [4.69, 9.17) is 4.84 Å². The van der Waals surface area contributed by atoms with Gasteiger partial charge in [0.2, 0.25) is 0 Å². The molecule has 0 aliphatic carbocycles. The molecule has 3 aromatic rings. The Morgan fingerprint density at radius 3 is 3.05 bits per heavy atom. The van der Waals surface area contributed by atoms with E-state index in [1.807, 2.05) is 41.8 Å². The highest BCUT2D eigenvalue weighted by Crippen LogP contribution is 2.08. The predicted octanol–water partition coefficient (Wildman–Crippen LogP) is 1.24. The summed E-state index contributed by atoms with van der Waals surface area (Å²) in [6, 6.07) is 11.3. The summed E-state index contributed by atoms with van der Waals surface area (Å²) in [5.74, 6) is -0.196. The van der Waals surface area contributed by atoms with Gasteiger partial charge in [0, 0.05) is 4.88 Å². The molecule has 102 valence electrons. The number of para-hydroxylation sites is 1. The summed E-state index contributed by atoms with van der Waals surface area (Å²) in [5.41, 5.74) is 1.46. The van der Waals surface area contributed by atoms with Crippen LogP contribution in [0.3, 0.4) is 0 Å². The van der Waals surface area contributed by atoms with Crippen molar-refractivity contribution in [2.24, 2.45) is 0 Å². The minimum absolute atomic E-state index is 0.0985. The fourth-order valence-electron chi connectivity index (χ4n) is 1.71. The number of hydrogen-bond acceptors (Lipinski definition) is 5. The van der Waals surface area contributed by atoms with Crippen LogP contribution in [0.2, 0.25) is 0 Å². The van der Waals surface area contributed by atoms with Crippen LogP contribution in [-0.4, -0.2) is 27.7 Å². The van der Waals surface area contributed by atoms with E-state index in [2.05, 4.69) is 15.6 Å². The van der Waals surface area contributed by atoms with Crippen LogP contribution in [0.1, 0.15) is 4.88 Å². The van der Waals surface area contributed by atoms with Crippen molar-refractivity contribution in [1.82, 2.24) is 20.5 Å². The summed E-state index contributed by atoms with van der Waals surface area (Å²) in [6.07, 6.45) is 0. The third-order valence-electron chi connectivity index (χ3n) is 2.68. The zero-order valence-electron chi connectivity index (χ0n) is 10.5. The summed E-state index contributed by atoms with van der Waals surface area (Å²) in [5, 5.41) is 12.5. The number of hydrogen-bond donors (Lipinski definition) is 1. The minimum Gasteiger partial charge on any atom is -0.385 e. The van der Waals surface area contributed by atoms with Gasteiger partial charge in [0.1, 0.15) is 11.0 Å². The highest BCUT2D eigenvalue weighted by Gasteiger charge is 2.07. The second kappa shape index (κ2) is 5.70. The number of benzene rings is 1. The van der Waals surface area contributed by atoms with Crippen LogP contribution in [0.25, 0.3) is 11.0 Å². The number of fused-ring (bicyclic) bond motifs is 1. The van der Waals surface area contributed by atoms with E-state index in [-0.39, 0.29) is 12.5 Å². The maximum absolute atomic E-state index is 11.7. The van der Waals surface area contributed by atoms with Crippen LogP contribution >= 0.6 is 11.3 Å². The molecule has 3 rings (SSSR count). The van der Waals surface area contributed by atoms with Crippen LogP contribution in [0.4, 0.5) is 0 Å². The molecule has 0 fully saturated rings. The molecule has 0 bridgehead atoms. The Morgan fingerprint density at radius 2 is 2.20 bits per heavy atom. The van der Waals surface area contributed by atoms with Crippen molar-refractivity contribution in [3.05, 3.63) is 46.7 Å². The number of carbonyl (C=O) groups is 1. The van der Waals surface area contributed by atoms with E-state index in [9.17, 15) is 4.79 Å². The van der Waals surface area contributed by atoms with E-state index in [1.54, 1.807) is 11.3 Å². The summed E-state index contributed by atoms with van der Waals surface area (Å²) in [4.78, 5) is 19.4. The van der Waals surface area contributed by atoms with Gasteiger partial charge in [-0.05, 0) is 28.8 Å². The van der Waals surface area contributed by atoms with E-state index in [0.717, 1.165) is 15.9 Å². The SMILES string of the molecule is O=C(COn1nnc2ccccc21)NCc1cccs1. The molecular weight excluding hydrogens is 276 g/mol. The van der Waals surface area contributed by atoms with Gasteiger partial charge >= 0.3 is 0 Å². The van der Waals surface area contributed by atoms with Gasteiger partial charge in [0.25, 0.3) is 5.91 Å². The Balaban J connectivity index is 1.55. The van der Waals surface area contributed by atoms with Gasteiger partial charge in [-0.15, -0.1) is 16.4 Å². The number of rotatable bonds is 5. The smallest absolute Gasteiger partial charge is 0.261 e. The molecule has 0 aliphatic heterocycles. The van der Waals surface area contributed by atoms with Crippen molar-refractivity contribution in [2.75, 3.05) is 6.61 Å². The number of aromatic nitrogens is 3. The lowest BCUT2D eigenvalue weighted by molar-refractivity contribution is -0.126. The molecule has 0 unspecified atom stereocenters. The molecule has 0 atom stereocenters. The zero-order valence-corrected chi connectivity index (χ0v) is 11.3. The predicted molar refractivity (Wildman–Crippen MR) is 75.1 cm³/mol. The van der Waals surface area contributed by atoms with Crippen LogP contribution in [-0.2, 0) is 11.3 Å². The number of nitrogens with zero attached hydrogens (tertiary/aromatic N) is 3. The second-order valence-corrected chi connectivity index (χ2v) is 5.11. The van der Waals surface area contributed by atoms with Gasteiger partial charge in [-0.1, -0.05) is 23.0 Å². The van der Waals surface area contributed by atoms with Crippen molar-refractivity contribution < 1.29 is 9.63 Å². The molecular formula is C13H12N4O2S. The molecule has 1 aromatic carbocycles. The van der Waals surface area contributed by atoms with Crippen molar-refractivity contribution in [3.8, 4) is 0 Å². The number of thiophene rings is 1. The van der Waals surface area contributed by atoms with E-state index >= 15 is 0 Å². The van der Waals surface area contributed by atoms with Gasteiger partial charge in [-0.25, -0.2) is 0 Å². The van der Waals surface area contributed by atoms with E-state index in [1.165, 1.54) is 4.85 Å². The topological polar surface area (TPSA) is 69.0 Å². The normalized spacial score (nSPS) is 10.6. The maximum Gasteiger partial charge on any atom is 0.261 e. The Bertz CT molecular complexity index is 708. The molecule has 20 heavy (non-hydrogen) atoms. The lowest BCUT2D eigenvalue weighted by Crippen LogP contribution is -2.31. The quantitative estimate of drug-likeness (QED) is 0.767. The lowest BCUT2D eigenvalue weighted by atomic mass is 10.3. The summed E-state index contributed by atoms with van der Waals surface area (Å²) < 4.78 is 0. The van der Waals surface area contributed by atoms with E-state index < -0.39 is 0 Å². The van der Waals surface area contributed by atoms with Crippen LogP contribution in [0.15, 0.2) is 41.8 Å². The number of nitrogens with one attached hydrogen (secondary N) is 1. The molecule has 0 saturated heterocycles. The third-order valence-corrected chi connectivity index (χ3v) is 3.56. The fraction of sp³-hybridized carbons (Fsp3) is 0.154. The van der Waals surface area contributed by atoms with Gasteiger partial charge in [-0.2, -0.15) is 0 Å². The average Bonchev–Trinajstić information content (AvgIpc) is 3.12. The molecule has 2 aromatic heterocycles. The largest absolute Gasteiger partial charge is 0.385 e. The minimum atomic E-state index is -0.196. The Kier molecular flexibility index (Phi) is 3.60. The van der Waals surface area contributed by atoms with Crippen LogP contribution in [0.5, 0.6) is 0 Å². The first kappa shape index (κ1) is 12.6. The highest BCUT2D eigenvalue weighted by molar-refractivity contribution is 7.09. The highest BCUT2D eigenvalue weighted by atomic mass is 32.1. The van der Waals surface area contributed by atoms with Crippen molar-refractivity contribution in [1.29, 1.82) is 0 Å². The molecule has 0 saturated carbocycles. The van der Waals surface area contributed by atoms with Crippen molar-refractivity contribution in [3.63, 3.8) is 0 Å². The van der Waals surface area contributed by atoms with E-state index in [0.29, 0.717) is 6.54 Å². The first-order valence-corrected chi connectivity index (χ1v) is 6.94. The van der Waals surface area contributed by atoms with Crippen molar-refractivity contribution >= 4 is 28.3 Å². The van der Waals surface area contributed by atoms with Gasteiger partial charge in [0.05, 0.1) is 6.54 Å². The summed E-state index contributed by atoms with van der Waals surface area (Å²) in [6.45, 7) is 0.413. The third kappa shape index (κ3) is 2.77. The standard InChI is InChI=1S/C13H12N4O2S/c18-13(14-8-10-4-3-7-20-10)9-19-17-12-6-2-1-5-11(12)15-16-17/h1-7H,8-9H2,(H,14,18). The molecule has 0 aliphatic rings. The molecule has 2 heterocycles. The molecule has 1 N–H and O–H groups in total. The lowest BCUT2D eigenvalue weighted by Gasteiger charge is -2.05. The molecule has 1 amide bonds. The summed E-state index contributed by atoms with van der Waals surface area (Å²) in [7, 11) is 0. The van der Waals surface area contributed by atoms with Crippen LogP contribution < -0.4 is 10.2 Å². The Hall–Kier alpha value is -2.41. The zero-order chi connectivity index (χ0) is 13.8. The first-order valence-electron chi connectivity index (χ1n) is 6.06.